The first kappa shape index (κ1) is 15.8. The molecular formula is C17H18NO4P. The van der Waals surface area contributed by atoms with Gasteiger partial charge in [-0.3, -0.25) is 4.57 Å². The minimum absolute atomic E-state index is 0.440. The van der Waals surface area contributed by atoms with Crippen LogP contribution in [0.1, 0.15) is 6.92 Å². The molecule has 0 saturated carbocycles. The highest BCUT2D eigenvalue weighted by Crippen LogP contribution is 2.44. The van der Waals surface area contributed by atoms with Crippen LogP contribution < -0.4 is 10.0 Å². The van der Waals surface area contributed by atoms with Gasteiger partial charge in [0.25, 0.3) is 0 Å². The number of oxazole rings is 1. The lowest BCUT2D eigenvalue weighted by atomic mass is 10.2. The molecule has 0 N–H and O–H groups in total. The number of benzene rings is 2. The van der Waals surface area contributed by atoms with Crippen LogP contribution in [-0.4, -0.2) is 25.4 Å². The van der Waals surface area contributed by atoms with Crippen LogP contribution in [0.3, 0.4) is 0 Å². The molecule has 0 radical (unpaired) electrons. The Morgan fingerprint density at radius 1 is 1.17 bits per heavy atom. The Bertz CT molecular complexity index is 879. The van der Waals surface area contributed by atoms with Gasteiger partial charge < -0.3 is 13.7 Å². The molecule has 0 saturated heterocycles. The molecule has 0 aliphatic rings. The second kappa shape index (κ2) is 6.19. The lowest BCUT2D eigenvalue weighted by molar-refractivity contribution is 0.404. The molecule has 23 heavy (non-hydrogen) atoms. The molecule has 5 nitrogen and oxygen atoms in total. The van der Waals surface area contributed by atoms with Crippen LogP contribution in [0, 0.1) is 0 Å². The maximum absolute atomic E-state index is 12.7. The zero-order valence-electron chi connectivity index (χ0n) is 13.3. The summed E-state index contributed by atoms with van der Waals surface area (Å²) >= 11 is 0. The highest BCUT2D eigenvalue weighted by molar-refractivity contribution is 7.66. The highest BCUT2D eigenvalue weighted by atomic mass is 31.2. The van der Waals surface area contributed by atoms with Crippen molar-refractivity contribution in [3.63, 3.8) is 0 Å². The lowest BCUT2D eigenvalue weighted by Crippen LogP contribution is -2.07. The van der Waals surface area contributed by atoms with Crippen LogP contribution in [0.25, 0.3) is 22.6 Å². The summed E-state index contributed by atoms with van der Waals surface area (Å²) in [4.78, 5) is 4.50. The maximum atomic E-state index is 12.7. The Morgan fingerprint density at radius 3 is 2.70 bits per heavy atom. The van der Waals surface area contributed by atoms with Gasteiger partial charge in [-0.25, -0.2) is 4.98 Å². The van der Waals surface area contributed by atoms with Gasteiger partial charge in [0.2, 0.25) is 13.3 Å². The van der Waals surface area contributed by atoms with Crippen molar-refractivity contribution in [2.45, 2.75) is 6.92 Å². The normalized spacial score (nSPS) is 13.9. The number of fused-ring (bicyclic) bond motifs is 1. The largest absolute Gasteiger partial charge is 0.497 e. The topological polar surface area (TPSA) is 61.6 Å². The monoisotopic (exact) mass is 331 g/mol. The standard InChI is InChI=1S/C17H18NO4P/c1-4-23(19,21-3)14-8-9-16-15(11-14)18-17(22-16)12-6-5-7-13(10-12)20-2/h5-11H,4H2,1-3H3. The third-order valence-electron chi connectivity index (χ3n) is 3.79. The van der Waals surface area contributed by atoms with Crippen molar-refractivity contribution >= 4 is 23.8 Å². The van der Waals surface area contributed by atoms with Crippen molar-refractivity contribution in [2.75, 3.05) is 20.4 Å². The van der Waals surface area contributed by atoms with E-state index in [1.807, 2.05) is 31.2 Å². The van der Waals surface area contributed by atoms with Gasteiger partial charge in [0.15, 0.2) is 5.58 Å². The zero-order chi connectivity index (χ0) is 16.4. The van der Waals surface area contributed by atoms with Gasteiger partial charge in [0.05, 0.1) is 7.11 Å². The first-order valence-corrected chi connectivity index (χ1v) is 9.11. The number of hydrogen-bond donors (Lipinski definition) is 0. The summed E-state index contributed by atoms with van der Waals surface area (Å²) in [6, 6.07) is 12.8. The van der Waals surface area contributed by atoms with Crippen LogP contribution in [0.4, 0.5) is 0 Å². The molecule has 0 aliphatic carbocycles. The fourth-order valence-corrected chi connectivity index (χ4v) is 3.88. The summed E-state index contributed by atoms with van der Waals surface area (Å²) in [6.45, 7) is 1.85. The van der Waals surface area contributed by atoms with E-state index in [0.717, 1.165) is 11.3 Å². The predicted octanol–water partition coefficient (Wildman–Crippen LogP) is 4.07. The predicted molar refractivity (Wildman–Crippen MR) is 90.8 cm³/mol. The first-order chi connectivity index (χ1) is 11.1. The second-order valence-corrected chi connectivity index (χ2v) is 7.94. The van der Waals surface area contributed by atoms with E-state index < -0.39 is 7.37 Å². The molecule has 120 valence electrons. The van der Waals surface area contributed by atoms with Gasteiger partial charge in [0.1, 0.15) is 11.3 Å². The Hall–Kier alpha value is -2.10. The minimum atomic E-state index is -2.81. The molecule has 0 spiro atoms. The summed E-state index contributed by atoms with van der Waals surface area (Å²) < 4.78 is 28.9. The highest BCUT2D eigenvalue weighted by Gasteiger charge is 2.23. The van der Waals surface area contributed by atoms with Crippen LogP contribution in [0.2, 0.25) is 0 Å². The van der Waals surface area contributed by atoms with Crippen molar-refractivity contribution in [1.82, 2.24) is 4.98 Å². The molecule has 6 heteroatoms. The third kappa shape index (κ3) is 2.90. The Balaban J connectivity index is 2.07. The number of hydrogen-bond acceptors (Lipinski definition) is 5. The Morgan fingerprint density at radius 2 is 2.00 bits per heavy atom. The Labute approximate surface area is 134 Å². The number of methoxy groups -OCH3 is 1. The SMILES string of the molecule is CCP(=O)(OC)c1ccc2oc(-c3cccc(OC)c3)nc2c1. The molecule has 1 unspecified atom stereocenters. The summed E-state index contributed by atoms with van der Waals surface area (Å²) in [5.74, 6) is 1.24. The molecule has 3 rings (SSSR count). The zero-order valence-corrected chi connectivity index (χ0v) is 14.2. The van der Waals surface area contributed by atoms with E-state index in [2.05, 4.69) is 4.98 Å². The fraction of sp³-hybridized carbons (Fsp3) is 0.235. The van der Waals surface area contributed by atoms with E-state index in [4.69, 9.17) is 13.7 Å². The van der Waals surface area contributed by atoms with Gasteiger partial charge in [-0.1, -0.05) is 13.0 Å². The van der Waals surface area contributed by atoms with E-state index in [0.29, 0.717) is 28.5 Å². The van der Waals surface area contributed by atoms with Gasteiger partial charge in [0, 0.05) is 24.1 Å². The minimum Gasteiger partial charge on any atom is -0.497 e. The van der Waals surface area contributed by atoms with Crippen molar-refractivity contribution in [3.05, 3.63) is 42.5 Å². The third-order valence-corrected chi connectivity index (χ3v) is 6.28. The number of ether oxygens (including phenoxy) is 1. The van der Waals surface area contributed by atoms with Gasteiger partial charge >= 0.3 is 0 Å². The van der Waals surface area contributed by atoms with Crippen molar-refractivity contribution in [3.8, 4) is 17.2 Å². The molecule has 0 fully saturated rings. The Kier molecular flexibility index (Phi) is 4.24. The van der Waals surface area contributed by atoms with Gasteiger partial charge in [-0.05, 0) is 36.4 Å². The van der Waals surface area contributed by atoms with Crippen molar-refractivity contribution < 1.29 is 18.2 Å². The van der Waals surface area contributed by atoms with Crippen LogP contribution in [0.15, 0.2) is 46.9 Å². The summed E-state index contributed by atoms with van der Waals surface area (Å²) in [5.41, 5.74) is 2.13. The second-order valence-electron chi connectivity index (χ2n) is 5.08. The average Bonchev–Trinajstić information content (AvgIpc) is 3.04. The molecule has 1 heterocycles. The lowest BCUT2D eigenvalue weighted by Gasteiger charge is -2.13. The number of rotatable bonds is 5. The quantitative estimate of drug-likeness (QED) is 0.660. The summed E-state index contributed by atoms with van der Waals surface area (Å²) in [6.07, 6.45) is 0.440. The first-order valence-electron chi connectivity index (χ1n) is 7.30. The molecular weight excluding hydrogens is 313 g/mol. The molecule has 2 aromatic carbocycles. The van der Waals surface area contributed by atoms with E-state index in [-0.39, 0.29) is 0 Å². The van der Waals surface area contributed by atoms with Crippen LogP contribution >= 0.6 is 7.37 Å². The van der Waals surface area contributed by atoms with Gasteiger partial charge in [-0.15, -0.1) is 0 Å². The van der Waals surface area contributed by atoms with Crippen molar-refractivity contribution in [1.29, 1.82) is 0 Å². The van der Waals surface area contributed by atoms with E-state index >= 15 is 0 Å². The average molecular weight is 331 g/mol. The van der Waals surface area contributed by atoms with E-state index in [9.17, 15) is 4.57 Å². The number of nitrogens with zero attached hydrogens (tertiary/aromatic N) is 1. The van der Waals surface area contributed by atoms with Gasteiger partial charge in [-0.2, -0.15) is 0 Å². The summed E-state index contributed by atoms with van der Waals surface area (Å²) in [7, 11) is 0.272. The van der Waals surface area contributed by atoms with E-state index in [1.54, 1.807) is 25.3 Å². The molecule has 0 aliphatic heterocycles. The summed E-state index contributed by atoms with van der Waals surface area (Å²) in [5, 5.41) is 0.653. The molecule has 3 aromatic rings. The molecule has 0 amide bonds. The van der Waals surface area contributed by atoms with E-state index in [1.165, 1.54) is 7.11 Å². The maximum Gasteiger partial charge on any atom is 0.231 e. The number of aromatic nitrogens is 1. The molecule has 0 bridgehead atoms. The fourth-order valence-electron chi connectivity index (χ4n) is 2.42. The molecule has 1 atom stereocenters. The van der Waals surface area contributed by atoms with Crippen molar-refractivity contribution in [2.24, 2.45) is 0 Å². The molecule has 1 aromatic heterocycles. The smallest absolute Gasteiger partial charge is 0.231 e. The van der Waals surface area contributed by atoms with Crippen LogP contribution in [0.5, 0.6) is 5.75 Å². The van der Waals surface area contributed by atoms with Crippen LogP contribution in [-0.2, 0) is 9.09 Å².